The smallest absolute Gasteiger partial charge is 0.257 e. The molecule has 0 unspecified atom stereocenters. The van der Waals surface area contributed by atoms with E-state index in [-0.39, 0.29) is 28.7 Å². The van der Waals surface area contributed by atoms with E-state index in [0.29, 0.717) is 17.6 Å². The van der Waals surface area contributed by atoms with Crippen LogP contribution in [0, 0.1) is 17.8 Å². The summed E-state index contributed by atoms with van der Waals surface area (Å²) in [6.45, 7) is 16.9. The molecular formula is C32H41N5O2. The van der Waals surface area contributed by atoms with Crippen molar-refractivity contribution in [1.29, 1.82) is 0 Å². The zero-order valence-corrected chi connectivity index (χ0v) is 23.9. The van der Waals surface area contributed by atoms with Gasteiger partial charge in [0.05, 0.1) is 11.0 Å². The summed E-state index contributed by atoms with van der Waals surface area (Å²) in [5.74, 6) is 0.432. The van der Waals surface area contributed by atoms with Gasteiger partial charge in [-0.2, -0.15) is 0 Å². The van der Waals surface area contributed by atoms with E-state index >= 15 is 0 Å². The maximum absolute atomic E-state index is 13.2. The number of benzene rings is 2. The summed E-state index contributed by atoms with van der Waals surface area (Å²) >= 11 is 0. The monoisotopic (exact) mass is 527 g/mol. The number of aromatic nitrogens is 2. The zero-order chi connectivity index (χ0) is 27.9. The number of carbonyl (C=O) groups is 2. The fraction of sp³-hybridized carbons (Fsp3) is 0.469. The van der Waals surface area contributed by atoms with Crippen molar-refractivity contribution in [3.05, 3.63) is 71.8 Å². The number of hydrogen-bond donors (Lipinski definition) is 2. The van der Waals surface area contributed by atoms with Crippen LogP contribution in [0.5, 0.6) is 0 Å². The van der Waals surface area contributed by atoms with E-state index in [1.54, 1.807) is 0 Å². The summed E-state index contributed by atoms with van der Waals surface area (Å²) < 4.78 is 2.21. The van der Waals surface area contributed by atoms with Gasteiger partial charge in [-0.1, -0.05) is 51.1 Å². The number of aryl methyl sites for hydroxylation is 1. The van der Waals surface area contributed by atoms with Crippen LogP contribution >= 0.6 is 0 Å². The van der Waals surface area contributed by atoms with Gasteiger partial charge in [0.15, 0.2) is 0 Å². The van der Waals surface area contributed by atoms with E-state index in [1.165, 1.54) is 11.6 Å². The van der Waals surface area contributed by atoms with Gasteiger partial charge in [0.2, 0.25) is 11.9 Å². The number of hydrogen-bond acceptors (Lipinski definition) is 4. The number of rotatable bonds is 7. The number of amides is 2. The Morgan fingerprint density at radius 2 is 1.90 bits per heavy atom. The Bertz CT molecular complexity index is 1390. The highest BCUT2D eigenvalue weighted by atomic mass is 16.2. The van der Waals surface area contributed by atoms with Crippen LogP contribution < -0.4 is 10.6 Å². The maximum atomic E-state index is 13.2. The van der Waals surface area contributed by atoms with Crippen molar-refractivity contribution in [2.75, 3.05) is 18.4 Å². The molecule has 1 aliphatic carbocycles. The van der Waals surface area contributed by atoms with Gasteiger partial charge in [-0.25, -0.2) is 4.98 Å². The van der Waals surface area contributed by atoms with Gasteiger partial charge in [0.25, 0.3) is 5.91 Å². The first-order valence-electron chi connectivity index (χ1n) is 14.0. The first-order valence-corrected chi connectivity index (χ1v) is 14.0. The maximum Gasteiger partial charge on any atom is 0.257 e. The summed E-state index contributed by atoms with van der Waals surface area (Å²) in [5, 5.41) is 6.74. The molecule has 1 spiro atoms. The summed E-state index contributed by atoms with van der Waals surface area (Å²) in [6.07, 6.45) is 4.33. The molecule has 5 rings (SSSR count). The van der Waals surface area contributed by atoms with Gasteiger partial charge in [-0.3, -0.25) is 14.9 Å². The molecule has 7 heteroatoms. The van der Waals surface area contributed by atoms with Gasteiger partial charge in [-0.15, -0.1) is 0 Å². The van der Waals surface area contributed by atoms with Crippen LogP contribution in [0.2, 0.25) is 0 Å². The lowest BCUT2D eigenvalue weighted by atomic mass is 9.64. The first-order chi connectivity index (χ1) is 18.5. The molecule has 2 amide bonds. The molecule has 2 aromatic carbocycles. The minimum atomic E-state index is -0.162. The fourth-order valence-corrected chi connectivity index (χ4v) is 5.88. The van der Waals surface area contributed by atoms with Crippen LogP contribution in [0.3, 0.4) is 0 Å². The topological polar surface area (TPSA) is 79.3 Å². The minimum absolute atomic E-state index is 0.0105. The summed E-state index contributed by atoms with van der Waals surface area (Å²) in [7, 11) is 0. The molecule has 2 aliphatic rings. The lowest BCUT2D eigenvalue weighted by Crippen LogP contribution is -2.42. The Labute approximate surface area is 231 Å². The Morgan fingerprint density at radius 3 is 2.56 bits per heavy atom. The molecule has 39 heavy (non-hydrogen) atoms. The molecule has 3 aromatic rings. The fourth-order valence-electron chi connectivity index (χ4n) is 5.88. The number of fused-ring (bicyclic) bond motifs is 1. The number of imidazole rings is 1. The zero-order valence-electron chi connectivity index (χ0n) is 23.9. The number of anilines is 1. The van der Waals surface area contributed by atoms with Gasteiger partial charge in [0, 0.05) is 37.3 Å². The Kier molecular flexibility index (Phi) is 7.14. The third-order valence-electron chi connectivity index (χ3n) is 8.83. The van der Waals surface area contributed by atoms with E-state index in [0.717, 1.165) is 55.5 Å². The summed E-state index contributed by atoms with van der Waals surface area (Å²) in [6, 6.07) is 14.6. The van der Waals surface area contributed by atoms with Crippen LogP contribution in [0.1, 0.15) is 74.5 Å². The van der Waals surface area contributed by atoms with E-state index in [2.05, 4.69) is 67.7 Å². The predicted molar refractivity (Wildman–Crippen MR) is 157 cm³/mol. The van der Waals surface area contributed by atoms with Crippen molar-refractivity contribution in [1.82, 2.24) is 19.8 Å². The van der Waals surface area contributed by atoms with E-state index in [4.69, 9.17) is 4.98 Å². The highest BCUT2D eigenvalue weighted by Crippen LogP contribution is 2.55. The molecule has 206 valence electrons. The van der Waals surface area contributed by atoms with Crippen LogP contribution in [0.25, 0.3) is 11.0 Å². The summed E-state index contributed by atoms with van der Waals surface area (Å²) in [5.41, 5.74) is 5.10. The molecule has 2 N–H and O–H groups in total. The molecule has 1 saturated heterocycles. The lowest BCUT2D eigenvalue weighted by Gasteiger charge is -2.46. The SMILES string of the molecule is C=CC(=O)N1CCC2(CC(n3c(NC(=O)c4ccc(C)cc4)nc4cc(CN[C@@H](C)C(C)(C)C)ccc43)C2)C1. The third-order valence-corrected chi connectivity index (χ3v) is 8.83. The Morgan fingerprint density at radius 1 is 1.18 bits per heavy atom. The second-order valence-electron chi connectivity index (χ2n) is 12.7. The van der Waals surface area contributed by atoms with E-state index in [1.807, 2.05) is 36.1 Å². The molecule has 1 aliphatic heterocycles. The normalized spacial score (nSPS) is 21.7. The average molecular weight is 528 g/mol. The molecule has 2 fully saturated rings. The van der Waals surface area contributed by atoms with Crippen LogP contribution in [0.4, 0.5) is 5.95 Å². The highest BCUT2D eigenvalue weighted by molar-refractivity contribution is 6.04. The predicted octanol–water partition coefficient (Wildman–Crippen LogP) is 5.86. The van der Waals surface area contributed by atoms with Gasteiger partial charge in [-0.05, 0) is 79.8 Å². The van der Waals surface area contributed by atoms with Crippen LogP contribution in [-0.2, 0) is 11.3 Å². The number of likely N-dealkylation sites (tertiary alicyclic amines) is 1. The van der Waals surface area contributed by atoms with E-state index in [9.17, 15) is 9.59 Å². The van der Waals surface area contributed by atoms with Gasteiger partial charge < -0.3 is 14.8 Å². The van der Waals surface area contributed by atoms with Crippen molar-refractivity contribution in [3.63, 3.8) is 0 Å². The lowest BCUT2D eigenvalue weighted by molar-refractivity contribution is -0.125. The first kappa shape index (κ1) is 27.1. The molecule has 7 nitrogen and oxygen atoms in total. The molecular weight excluding hydrogens is 486 g/mol. The molecule has 1 saturated carbocycles. The van der Waals surface area contributed by atoms with E-state index < -0.39 is 0 Å². The average Bonchev–Trinajstić information content (AvgIpc) is 3.47. The molecule has 1 aromatic heterocycles. The summed E-state index contributed by atoms with van der Waals surface area (Å²) in [4.78, 5) is 32.2. The molecule has 0 radical (unpaired) electrons. The molecule has 2 heterocycles. The standard InChI is InChI=1S/C32H41N5O2/c1-7-28(38)36-15-14-32(20-36)17-25(18-32)37-27-13-10-23(19-33-22(3)31(4,5)6)16-26(27)34-30(37)35-29(39)24-11-8-21(2)9-12-24/h7-13,16,22,25,33H,1,14-15,17-20H2,2-6H3,(H,34,35,39)/t22-,25?,32?/m0/s1. The number of nitrogens with zero attached hydrogens (tertiary/aromatic N) is 3. The number of nitrogens with one attached hydrogen (secondary N) is 2. The Hall–Kier alpha value is -3.45. The van der Waals surface area contributed by atoms with Crippen LogP contribution in [0.15, 0.2) is 55.1 Å². The van der Waals surface area contributed by atoms with Gasteiger partial charge >= 0.3 is 0 Å². The molecule has 0 bridgehead atoms. The Balaban J connectivity index is 1.41. The van der Waals surface area contributed by atoms with Crippen molar-refractivity contribution < 1.29 is 9.59 Å². The molecule has 1 atom stereocenters. The quantitative estimate of drug-likeness (QED) is 0.377. The van der Waals surface area contributed by atoms with Crippen molar-refractivity contribution >= 4 is 28.8 Å². The van der Waals surface area contributed by atoms with Crippen molar-refractivity contribution in [3.8, 4) is 0 Å². The highest BCUT2D eigenvalue weighted by Gasteiger charge is 2.50. The largest absolute Gasteiger partial charge is 0.339 e. The van der Waals surface area contributed by atoms with Crippen molar-refractivity contribution in [2.45, 2.75) is 72.5 Å². The van der Waals surface area contributed by atoms with Gasteiger partial charge in [0.1, 0.15) is 0 Å². The minimum Gasteiger partial charge on any atom is -0.339 e. The third kappa shape index (κ3) is 5.50. The second kappa shape index (κ2) is 10.3. The van der Waals surface area contributed by atoms with Crippen LogP contribution in [-0.4, -0.2) is 45.4 Å². The van der Waals surface area contributed by atoms with Crippen molar-refractivity contribution in [2.24, 2.45) is 10.8 Å². The second-order valence-corrected chi connectivity index (χ2v) is 12.7. The number of carbonyl (C=O) groups excluding carboxylic acids is 2.